The smallest absolute Gasteiger partial charge is 0.0992 e. The molecule has 1 fully saturated rings. The molecule has 0 spiro atoms. The van der Waals surface area contributed by atoms with E-state index in [-0.39, 0.29) is 0 Å². The van der Waals surface area contributed by atoms with E-state index >= 15 is 0 Å². The monoisotopic (exact) mass is 281 g/mol. The molecule has 0 aliphatic heterocycles. The molecule has 2 unspecified atom stereocenters. The highest BCUT2D eigenvalue weighted by molar-refractivity contribution is 5.81. The van der Waals surface area contributed by atoms with E-state index in [1.807, 2.05) is 18.2 Å². The average molecular weight is 281 g/mol. The quantitative estimate of drug-likeness (QED) is 0.928. The lowest BCUT2D eigenvalue weighted by Gasteiger charge is -2.27. The van der Waals surface area contributed by atoms with Gasteiger partial charge in [0.25, 0.3) is 0 Å². The number of fused-ring (bicyclic) bond motifs is 1. The third-order valence-electron chi connectivity index (χ3n) is 4.63. The Morgan fingerprint density at radius 2 is 2.24 bits per heavy atom. The minimum atomic E-state index is 0.685. The maximum atomic E-state index is 9.02. The minimum Gasteiger partial charge on any atom is -0.346 e. The van der Waals surface area contributed by atoms with E-state index in [0.717, 1.165) is 30.1 Å². The standard InChI is InChI=1S/C18H23N3/c1-14-3-2-4-17(11-14)20-8-10-21-9-7-16-6-5-15(13-19)12-18(16)21/h5-7,9,12,14,17,20H,2-4,8,10-11H2,1H3. The van der Waals surface area contributed by atoms with Gasteiger partial charge in [0, 0.05) is 30.8 Å². The van der Waals surface area contributed by atoms with Crippen LogP contribution in [0.2, 0.25) is 0 Å². The lowest BCUT2D eigenvalue weighted by atomic mass is 9.87. The molecule has 0 radical (unpaired) electrons. The first kappa shape index (κ1) is 14.2. The predicted octanol–water partition coefficient (Wildman–Crippen LogP) is 3.68. The zero-order chi connectivity index (χ0) is 14.7. The van der Waals surface area contributed by atoms with Crippen LogP contribution in [0.3, 0.4) is 0 Å². The van der Waals surface area contributed by atoms with Gasteiger partial charge in [0.15, 0.2) is 0 Å². The van der Waals surface area contributed by atoms with Gasteiger partial charge >= 0.3 is 0 Å². The van der Waals surface area contributed by atoms with Crippen molar-refractivity contribution in [1.29, 1.82) is 5.26 Å². The average Bonchev–Trinajstić information content (AvgIpc) is 2.90. The Labute approximate surface area is 126 Å². The van der Waals surface area contributed by atoms with Crippen LogP contribution < -0.4 is 5.32 Å². The highest BCUT2D eigenvalue weighted by Crippen LogP contribution is 2.23. The molecule has 1 aromatic heterocycles. The van der Waals surface area contributed by atoms with Gasteiger partial charge < -0.3 is 9.88 Å². The Kier molecular flexibility index (Phi) is 4.26. The van der Waals surface area contributed by atoms with Crippen molar-refractivity contribution >= 4 is 10.9 Å². The van der Waals surface area contributed by atoms with Crippen LogP contribution in [0.15, 0.2) is 30.5 Å². The third kappa shape index (κ3) is 3.28. The van der Waals surface area contributed by atoms with Crippen molar-refractivity contribution in [3.8, 4) is 6.07 Å². The van der Waals surface area contributed by atoms with Crippen molar-refractivity contribution < 1.29 is 0 Å². The highest BCUT2D eigenvalue weighted by atomic mass is 15.0. The number of nitrogens with zero attached hydrogens (tertiary/aromatic N) is 2. The molecule has 21 heavy (non-hydrogen) atoms. The van der Waals surface area contributed by atoms with Crippen molar-refractivity contribution in [3.05, 3.63) is 36.0 Å². The molecule has 1 saturated carbocycles. The van der Waals surface area contributed by atoms with Gasteiger partial charge in [-0.3, -0.25) is 0 Å². The van der Waals surface area contributed by atoms with E-state index in [0.29, 0.717) is 6.04 Å². The number of hydrogen-bond acceptors (Lipinski definition) is 2. The summed E-state index contributed by atoms with van der Waals surface area (Å²) in [6, 6.07) is 10.9. The largest absolute Gasteiger partial charge is 0.346 e. The number of nitriles is 1. The molecule has 1 N–H and O–H groups in total. The van der Waals surface area contributed by atoms with E-state index in [9.17, 15) is 0 Å². The molecule has 2 atom stereocenters. The fourth-order valence-corrected chi connectivity index (χ4v) is 3.46. The summed E-state index contributed by atoms with van der Waals surface area (Å²) in [6.07, 6.45) is 7.49. The first-order valence-electron chi connectivity index (χ1n) is 7.98. The molecule has 2 aromatic rings. The summed E-state index contributed by atoms with van der Waals surface area (Å²) in [6.45, 7) is 4.32. The maximum absolute atomic E-state index is 9.02. The van der Waals surface area contributed by atoms with Crippen LogP contribution in [0.5, 0.6) is 0 Å². The molecule has 3 heteroatoms. The van der Waals surface area contributed by atoms with Gasteiger partial charge in [0.1, 0.15) is 0 Å². The normalized spacial score (nSPS) is 22.3. The summed E-state index contributed by atoms with van der Waals surface area (Å²) in [5.41, 5.74) is 1.89. The molecular weight excluding hydrogens is 258 g/mol. The summed E-state index contributed by atoms with van der Waals surface area (Å²) in [4.78, 5) is 0. The Bertz CT molecular complexity index is 650. The molecule has 0 saturated heterocycles. The Balaban J connectivity index is 1.61. The molecule has 1 heterocycles. The molecule has 110 valence electrons. The zero-order valence-electron chi connectivity index (χ0n) is 12.7. The number of rotatable bonds is 4. The van der Waals surface area contributed by atoms with E-state index in [4.69, 9.17) is 5.26 Å². The summed E-state index contributed by atoms with van der Waals surface area (Å²) >= 11 is 0. The minimum absolute atomic E-state index is 0.685. The summed E-state index contributed by atoms with van der Waals surface area (Å²) in [7, 11) is 0. The van der Waals surface area contributed by atoms with Crippen molar-refractivity contribution in [3.63, 3.8) is 0 Å². The number of nitrogens with one attached hydrogen (secondary N) is 1. The molecule has 1 aliphatic rings. The molecule has 3 rings (SSSR count). The molecule has 0 amide bonds. The van der Waals surface area contributed by atoms with Crippen LogP contribution in [0.1, 0.15) is 38.2 Å². The lowest BCUT2D eigenvalue weighted by Crippen LogP contribution is -2.35. The molecule has 0 bridgehead atoms. The highest BCUT2D eigenvalue weighted by Gasteiger charge is 2.17. The zero-order valence-corrected chi connectivity index (χ0v) is 12.7. The van der Waals surface area contributed by atoms with Crippen LogP contribution in [0.25, 0.3) is 10.9 Å². The second-order valence-corrected chi connectivity index (χ2v) is 6.32. The number of benzene rings is 1. The topological polar surface area (TPSA) is 40.8 Å². The fourth-order valence-electron chi connectivity index (χ4n) is 3.46. The van der Waals surface area contributed by atoms with Crippen LogP contribution in [0.4, 0.5) is 0 Å². The molecular formula is C18H23N3. The second-order valence-electron chi connectivity index (χ2n) is 6.32. The Morgan fingerprint density at radius 3 is 3.05 bits per heavy atom. The summed E-state index contributed by atoms with van der Waals surface area (Å²) in [5.74, 6) is 0.863. The first-order valence-corrected chi connectivity index (χ1v) is 7.98. The lowest BCUT2D eigenvalue weighted by molar-refractivity contribution is 0.299. The van der Waals surface area contributed by atoms with Crippen molar-refractivity contribution in [2.75, 3.05) is 6.54 Å². The maximum Gasteiger partial charge on any atom is 0.0992 e. The van der Waals surface area contributed by atoms with Crippen LogP contribution >= 0.6 is 0 Å². The Hall–Kier alpha value is -1.79. The number of hydrogen-bond donors (Lipinski definition) is 1. The van der Waals surface area contributed by atoms with Crippen LogP contribution in [-0.2, 0) is 6.54 Å². The van der Waals surface area contributed by atoms with E-state index in [1.54, 1.807) is 0 Å². The van der Waals surface area contributed by atoms with Crippen molar-refractivity contribution in [2.45, 2.75) is 45.2 Å². The van der Waals surface area contributed by atoms with Gasteiger partial charge in [-0.05, 0) is 42.3 Å². The fraction of sp³-hybridized carbons (Fsp3) is 0.500. The third-order valence-corrected chi connectivity index (χ3v) is 4.63. The van der Waals surface area contributed by atoms with E-state index < -0.39 is 0 Å². The summed E-state index contributed by atoms with van der Waals surface area (Å²) in [5, 5.41) is 13.9. The number of aromatic nitrogens is 1. The van der Waals surface area contributed by atoms with Gasteiger partial charge in [-0.1, -0.05) is 25.8 Å². The van der Waals surface area contributed by atoms with Crippen LogP contribution in [0, 0.1) is 17.2 Å². The first-order chi connectivity index (χ1) is 10.3. The van der Waals surface area contributed by atoms with Crippen LogP contribution in [-0.4, -0.2) is 17.2 Å². The molecule has 3 nitrogen and oxygen atoms in total. The Morgan fingerprint density at radius 1 is 1.33 bits per heavy atom. The summed E-state index contributed by atoms with van der Waals surface area (Å²) < 4.78 is 2.25. The van der Waals surface area contributed by atoms with Gasteiger partial charge in [-0.25, -0.2) is 0 Å². The predicted molar refractivity (Wildman–Crippen MR) is 86.1 cm³/mol. The van der Waals surface area contributed by atoms with Gasteiger partial charge in [0.2, 0.25) is 0 Å². The van der Waals surface area contributed by atoms with Gasteiger partial charge in [-0.15, -0.1) is 0 Å². The molecule has 1 aliphatic carbocycles. The SMILES string of the molecule is CC1CCCC(NCCn2ccc3ccc(C#N)cc32)C1. The van der Waals surface area contributed by atoms with Gasteiger partial charge in [0.05, 0.1) is 11.6 Å². The van der Waals surface area contributed by atoms with Gasteiger partial charge in [-0.2, -0.15) is 5.26 Å². The second kappa shape index (κ2) is 6.32. The van der Waals surface area contributed by atoms with Crippen molar-refractivity contribution in [2.24, 2.45) is 5.92 Å². The van der Waals surface area contributed by atoms with E-state index in [1.165, 1.54) is 31.1 Å². The van der Waals surface area contributed by atoms with E-state index in [2.05, 4.69) is 35.1 Å². The van der Waals surface area contributed by atoms with Crippen molar-refractivity contribution in [1.82, 2.24) is 9.88 Å². The molecule has 1 aromatic carbocycles.